The first kappa shape index (κ1) is 29.5. The van der Waals surface area contributed by atoms with Crippen molar-refractivity contribution in [2.75, 3.05) is 11.3 Å². The third-order valence-electron chi connectivity index (χ3n) is 5.56. The van der Waals surface area contributed by atoms with Gasteiger partial charge in [0.1, 0.15) is 11.5 Å². The molecule has 0 heterocycles. The average molecular weight is 637 g/mol. The standard InChI is InChI=1S/C30H26BrN3O6S/c1-2-18-39-26-15-10-22(11-16-26)30(36)40-28-17-12-24(31)19-23(28)20-32-33-29(35)21-8-13-25(14-9-21)34-41(37,38)27-6-4-3-5-7-27/h3-17,19-20,34H,2,18H2,1H3,(H,33,35)/b32-20-. The van der Waals surface area contributed by atoms with Crippen LogP contribution >= 0.6 is 15.9 Å². The predicted molar refractivity (Wildman–Crippen MR) is 160 cm³/mol. The number of anilines is 1. The van der Waals surface area contributed by atoms with E-state index in [1.54, 1.807) is 60.7 Å². The molecule has 0 bridgehead atoms. The van der Waals surface area contributed by atoms with E-state index in [1.165, 1.54) is 42.6 Å². The molecule has 4 aromatic carbocycles. The molecule has 0 saturated carbocycles. The highest BCUT2D eigenvalue weighted by atomic mass is 79.9. The van der Waals surface area contributed by atoms with Gasteiger partial charge >= 0.3 is 5.97 Å². The number of nitrogens with zero attached hydrogens (tertiary/aromatic N) is 1. The fourth-order valence-corrected chi connectivity index (χ4v) is 4.97. The van der Waals surface area contributed by atoms with Crippen molar-refractivity contribution in [3.05, 3.63) is 118 Å². The van der Waals surface area contributed by atoms with E-state index in [-0.39, 0.29) is 16.2 Å². The van der Waals surface area contributed by atoms with E-state index in [1.807, 2.05) is 6.92 Å². The molecule has 0 aliphatic heterocycles. The van der Waals surface area contributed by atoms with Gasteiger partial charge in [0.15, 0.2) is 0 Å². The maximum Gasteiger partial charge on any atom is 0.343 e. The Kier molecular flexibility index (Phi) is 9.88. The van der Waals surface area contributed by atoms with Crippen LogP contribution in [0.2, 0.25) is 0 Å². The first-order chi connectivity index (χ1) is 19.7. The monoisotopic (exact) mass is 635 g/mol. The average Bonchev–Trinajstić information content (AvgIpc) is 2.98. The minimum Gasteiger partial charge on any atom is -0.494 e. The number of ether oxygens (including phenoxy) is 2. The van der Waals surface area contributed by atoms with E-state index < -0.39 is 21.9 Å². The summed E-state index contributed by atoms with van der Waals surface area (Å²) < 4.78 is 39.3. The lowest BCUT2D eigenvalue weighted by Gasteiger charge is -2.09. The molecule has 0 atom stereocenters. The highest BCUT2D eigenvalue weighted by Crippen LogP contribution is 2.23. The van der Waals surface area contributed by atoms with Crippen LogP contribution in [0.1, 0.15) is 39.6 Å². The van der Waals surface area contributed by atoms with Gasteiger partial charge in [0.25, 0.3) is 15.9 Å². The number of hydrazone groups is 1. The fourth-order valence-electron chi connectivity index (χ4n) is 3.51. The van der Waals surface area contributed by atoms with Crippen LogP contribution in [0.3, 0.4) is 0 Å². The summed E-state index contributed by atoms with van der Waals surface area (Å²) in [5.41, 5.74) is 3.78. The van der Waals surface area contributed by atoms with Crippen LogP contribution in [0.25, 0.3) is 0 Å². The van der Waals surface area contributed by atoms with Crippen molar-refractivity contribution in [1.29, 1.82) is 0 Å². The van der Waals surface area contributed by atoms with E-state index in [2.05, 4.69) is 31.2 Å². The van der Waals surface area contributed by atoms with E-state index in [0.717, 1.165) is 10.9 Å². The van der Waals surface area contributed by atoms with Gasteiger partial charge in [0, 0.05) is 21.3 Å². The zero-order valence-electron chi connectivity index (χ0n) is 21.9. The molecule has 41 heavy (non-hydrogen) atoms. The normalized spacial score (nSPS) is 11.2. The highest BCUT2D eigenvalue weighted by Gasteiger charge is 2.15. The van der Waals surface area contributed by atoms with Crippen molar-refractivity contribution in [3.8, 4) is 11.5 Å². The van der Waals surface area contributed by atoms with Crippen LogP contribution in [0.15, 0.2) is 112 Å². The molecule has 0 aliphatic carbocycles. The van der Waals surface area contributed by atoms with Crippen LogP contribution in [0, 0.1) is 0 Å². The molecular weight excluding hydrogens is 610 g/mol. The molecule has 4 aromatic rings. The van der Waals surface area contributed by atoms with E-state index >= 15 is 0 Å². The summed E-state index contributed by atoms with van der Waals surface area (Å²) >= 11 is 3.38. The zero-order chi connectivity index (χ0) is 29.2. The summed E-state index contributed by atoms with van der Waals surface area (Å²) in [5.74, 6) is -0.162. The van der Waals surface area contributed by atoms with Crippen molar-refractivity contribution in [2.24, 2.45) is 5.10 Å². The van der Waals surface area contributed by atoms with Gasteiger partial charge in [-0.15, -0.1) is 0 Å². The van der Waals surface area contributed by atoms with Gasteiger partial charge in [-0.1, -0.05) is 41.1 Å². The Morgan fingerprint density at radius 3 is 2.27 bits per heavy atom. The quantitative estimate of drug-likeness (QED) is 0.0899. The molecular formula is C30H26BrN3O6S. The van der Waals surface area contributed by atoms with Crippen LogP contribution in [0.5, 0.6) is 11.5 Å². The first-order valence-electron chi connectivity index (χ1n) is 12.5. The lowest BCUT2D eigenvalue weighted by Crippen LogP contribution is -2.18. The summed E-state index contributed by atoms with van der Waals surface area (Å²) in [6.45, 7) is 2.60. The third kappa shape index (κ3) is 8.26. The number of carbonyl (C=O) groups excluding carboxylic acids is 2. The van der Waals surface area contributed by atoms with Gasteiger partial charge in [-0.2, -0.15) is 5.10 Å². The molecule has 11 heteroatoms. The van der Waals surface area contributed by atoms with E-state index in [4.69, 9.17) is 9.47 Å². The highest BCUT2D eigenvalue weighted by molar-refractivity contribution is 9.10. The Balaban J connectivity index is 1.38. The molecule has 210 valence electrons. The maximum absolute atomic E-state index is 12.7. The largest absolute Gasteiger partial charge is 0.494 e. The Labute approximate surface area is 246 Å². The van der Waals surface area contributed by atoms with Gasteiger partial charge in [-0.25, -0.2) is 18.6 Å². The molecule has 0 radical (unpaired) electrons. The van der Waals surface area contributed by atoms with Gasteiger partial charge in [-0.3, -0.25) is 9.52 Å². The number of rotatable bonds is 11. The van der Waals surface area contributed by atoms with Crippen LogP contribution in [-0.2, 0) is 10.0 Å². The number of amides is 1. The van der Waals surface area contributed by atoms with Crippen molar-refractivity contribution < 1.29 is 27.5 Å². The maximum atomic E-state index is 12.7. The van der Waals surface area contributed by atoms with Crippen molar-refractivity contribution in [2.45, 2.75) is 18.2 Å². The van der Waals surface area contributed by atoms with E-state index in [9.17, 15) is 18.0 Å². The lowest BCUT2D eigenvalue weighted by atomic mass is 10.2. The number of esters is 1. The molecule has 0 aliphatic rings. The van der Waals surface area contributed by atoms with Gasteiger partial charge in [-0.05, 0) is 85.3 Å². The topological polar surface area (TPSA) is 123 Å². The van der Waals surface area contributed by atoms with Gasteiger partial charge in [0.05, 0.1) is 23.3 Å². The second-order valence-corrected chi connectivity index (χ2v) is 11.2. The summed E-state index contributed by atoms with van der Waals surface area (Å²) in [7, 11) is -3.75. The van der Waals surface area contributed by atoms with Crippen LogP contribution < -0.4 is 19.6 Å². The number of sulfonamides is 1. The van der Waals surface area contributed by atoms with Gasteiger partial charge in [0.2, 0.25) is 0 Å². The number of nitrogens with one attached hydrogen (secondary N) is 2. The molecule has 0 saturated heterocycles. The number of halogens is 1. The minimum atomic E-state index is -3.75. The van der Waals surface area contributed by atoms with Crippen LogP contribution in [0.4, 0.5) is 5.69 Å². The predicted octanol–water partition coefficient (Wildman–Crippen LogP) is 6.02. The second-order valence-electron chi connectivity index (χ2n) is 8.64. The molecule has 0 fully saturated rings. The van der Waals surface area contributed by atoms with Gasteiger partial charge < -0.3 is 9.47 Å². The second kappa shape index (κ2) is 13.7. The SMILES string of the molecule is CCCOc1ccc(C(=O)Oc2ccc(Br)cc2/C=N\NC(=O)c2ccc(NS(=O)(=O)c3ccccc3)cc2)cc1. The smallest absolute Gasteiger partial charge is 0.343 e. The Morgan fingerprint density at radius 2 is 1.59 bits per heavy atom. The van der Waals surface area contributed by atoms with Crippen molar-refractivity contribution in [3.63, 3.8) is 0 Å². The zero-order valence-corrected chi connectivity index (χ0v) is 24.3. The molecule has 2 N–H and O–H groups in total. The number of hydrogen-bond donors (Lipinski definition) is 2. The Bertz CT molecular complexity index is 1640. The molecule has 0 spiro atoms. The molecule has 0 aromatic heterocycles. The summed E-state index contributed by atoms with van der Waals surface area (Å²) in [4.78, 5) is 25.4. The summed E-state index contributed by atoms with van der Waals surface area (Å²) in [6, 6.07) is 25.5. The molecule has 4 rings (SSSR count). The first-order valence-corrected chi connectivity index (χ1v) is 14.8. The molecule has 0 unspecified atom stereocenters. The van der Waals surface area contributed by atoms with Crippen LogP contribution in [-0.4, -0.2) is 33.1 Å². The summed E-state index contributed by atoms with van der Waals surface area (Å²) in [6.07, 6.45) is 2.23. The lowest BCUT2D eigenvalue weighted by molar-refractivity contribution is 0.0734. The minimum absolute atomic E-state index is 0.128. The van der Waals surface area contributed by atoms with E-state index in [0.29, 0.717) is 29.2 Å². The number of hydrogen-bond acceptors (Lipinski definition) is 7. The molecule has 1 amide bonds. The number of carbonyl (C=O) groups is 2. The molecule has 9 nitrogen and oxygen atoms in total. The van der Waals surface area contributed by atoms with Crippen molar-refractivity contribution in [1.82, 2.24) is 5.43 Å². The third-order valence-corrected chi connectivity index (χ3v) is 7.45. The Hall–Kier alpha value is -4.48. The summed E-state index contributed by atoms with van der Waals surface area (Å²) in [5, 5.41) is 4.00. The Morgan fingerprint density at radius 1 is 0.902 bits per heavy atom. The fraction of sp³-hybridized carbons (Fsp3) is 0.100. The number of benzene rings is 4. The van der Waals surface area contributed by atoms with Crippen molar-refractivity contribution >= 4 is 49.7 Å².